The number of aryl methyl sites for hydroxylation is 2. The van der Waals surface area contributed by atoms with Gasteiger partial charge in [-0.3, -0.25) is 0 Å². The van der Waals surface area contributed by atoms with Gasteiger partial charge in [0.05, 0.1) is 0 Å². The predicted molar refractivity (Wildman–Crippen MR) is 82.7 cm³/mol. The summed E-state index contributed by atoms with van der Waals surface area (Å²) in [6.07, 6.45) is 6.54. The van der Waals surface area contributed by atoms with E-state index in [2.05, 4.69) is 42.7 Å². The minimum atomic E-state index is 0.752. The Hall–Kier alpha value is -0.860. The van der Waals surface area contributed by atoms with Crippen LogP contribution in [0.2, 0.25) is 0 Å². The van der Waals surface area contributed by atoms with Gasteiger partial charge in [0, 0.05) is 6.04 Å². The Kier molecular flexibility index (Phi) is 5.87. The molecule has 2 nitrogen and oxygen atoms in total. The van der Waals surface area contributed by atoms with Gasteiger partial charge in [-0.2, -0.15) is 0 Å². The molecule has 1 fully saturated rings. The SMILES string of the molecule is Cc1ccc(C)c(CCNCCC2CCCCN2)c1. The number of rotatable bonds is 6. The van der Waals surface area contributed by atoms with Gasteiger partial charge in [-0.05, 0) is 70.3 Å². The molecule has 0 spiro atoms. The molecule has 0 aromatic heterocycles. The third-order valence-corrected chi connectivity index (χ3v) is 4.16. The van der Waals surface area contributed by atoms with Crippen LogP contribution in [0, 0.1) is 13.8 Å². The van der Waals surface area contributed by atoms with E-state index in [1.807, 2.05) is 0 Å². The standard InChI is InChI=1S/C17H28N2/c1-14-6-7-15(2)16(13-14)8-11-18-12-9-17-5-3-4-10-19-17/h6-7,13,17-19H,3-5,8-12H2,1-2H3. The van der Waals surface area contributed by atoms with Crippen LogP contribution in [0.5, 0.6) is 0 Å². The maximum atomic E-state index is 3.60. The van der Waals surface area contributed by atoms with Gasteiger partial charge in [-0.15, -0.1) is 0 Å². The van der Waals surface area contributed by atoms with Crippen LogP contribution >= 0.6 is 0 Å². The van der Waals surface area contributed by atoms with Gasteiger partial charge in [-0.1, -0.05) is 30.2 Å². The molecule has 1 aromatic rings. The van der Waals surface area contributed by atoms with Crippen LogP contribution in [0.15, 0.2) is 18.2 Å². The number of hydrogen-bond acceptors (Lipinski definition) is 2. The molecule has 0 saturated carbocycles. The first-order chi connectivity index (χ1) is 9.25. The fourth-order valence-electron chi connectivity index (χ4n) is 2.86. The van der Waals surface area contributed by atoms with E-state index in [1.54, 1.807) is 0 Å². The molecule has 2 N–H and O–H groups in total. The van der Waals surface area contributed by atoms with Crippen LogP contribution in [0.4, 0.5) is 0 Å². The molecule has 0 aliphatic carbocycles. The summed E-state index contributed by atoms with van der Waals surface area (Å²) in [4.78, 5) is 0. The third-order valence-electron chi connectivity index (χ3n) is 4.16. The molecule has 2 rings (SSSR count). The summed E-state index contributed by atoms with van der Waals surface area (Å²) in [5.74, 6) is 0. The van der Waals surface area contributed by atoms with Crippen LogP contribution in [0.1, 0.15) is 42.4 Å². The highest BCUT2D eigenvalue weighted by molar-refractivity contribution is 5.30. The molecule has 1 aliphatic rings. The first kappa shape index (κ1) is 14.5. The molecule has 0 amide bonds. The molecular formula is C17H28N2. The maximum absolute atomic E-state index is 3.60. The van der Waals surface area contributed by atoms with Crippen LogP contribution in [0.3, 0.4) is 0 Å². The molecule has 1 aliphatic heterocycles. The molecule has 1 heterocycles. The van der Waals surface area contributed by atoms with Crippen molar-refractivity contribution < 1.29 is 0 Å². The lowest BCUT2D eigenvalue weighted by Crippen LogP contribution is -2.36. The summed E-state index contributed by atoms with van der Waals surface area (Å²) in [7, 11) is 0. The number of hydrogen-bond donors (Lipinski definition) is 2. The normalized spacial score (nSPS) is 19.6. The fraction of sp³-hybridized carbons (Fsp3) is 0.647. The van der Waals surface area contributed by atoms with E-state index in [4.69, 9.17) is 0 Å². The summed E-state index contributed by atoms with van der Waals surface area (Å²) in [5, 5.41) is 7.19. The average molecular weight is 260 g/mol. The molecule has 0 bridgehead atoms. The molecule has 1 unspecified atom stereocenters. The van der Waals surface area contributed by atoms with E-state index in [9.17, 15) is 0 Å². The molecule has 2 heteroatoms. The summed E-state index contributed by atoms with van der Waals surface area (Å²) in [6.45, 7) is 7.83. The van der Waals surface area contributed by atoms with Gasteiger partial charge in [0.2, 0.25) is 0 Å². The monoisotopic (exact) mass is 260 g/mol. The topological polar surface area (TPSA) is 24.1 Å². The molecule has 19 heavy (non-hydrogen) atoms. The highest BCUT2D eigenvalue weighted by Gasteiger charge is 2.11. The van der Waals surface area contributed by atoms with Crippen LogP contribution < -0.4 is 10.6 Å². The highest BCUT2D eigenvalue weighted by Crippen LogP contribution is 2.11. The van der Waals surface area contributed by atoms with Gasteiger partial charge in [0.1, 0.15) is 0 Å². The minimum Gasteiger partial charge on any atom is -0.316 e. The number of benzene rings is 1. The Labute approximate surface area is 118 Å². The van der Waals surface area contributed by atoms with Gasteiger partial charge >= 0.3 is 0 Å². The number of nitrogens with one attached hydrogen (secondary N) is 2. The molecule has 0 radical (unpaired) electrons. The van der Waals surface area contributed by atoms with Crippen molar-refractivity contribution in [2.45, 2.75) is 52.0 Å². The summed E-state index contributed by atoms with van der Waals surface area (Å²) in [6, 6.07) is 7.50. The van der Waals surface area contributed by atoms with Crippen molar-refractivity contribution in [1.29, 1.82) is 0 Å². The molecule has 106 valence electrons. The first-order valence-electron chi connectivity index (χ1n) is 7.76. The lowest BCUT2D eigenvalue weighted by Gasteiger charge is -2.23. The van der Waals surface area contributed by atoms with E-state index in [1.165, 1.54) is 48.9 Å². The summed E-state index contributed by atoms with van der Waals surface area (Å²) < 4.78 is 0. The van der Waals surface area contributed by atoms with Gasteiger partial charge in [0.15, 0.2) is 0 Å². The van der Waals surface area contributed by atoms with Crippen molar-refractivity contribution in [2.24, 2.45) is 0 Å². The quantitative estimate of drug-likeness (QED) is 0.768. The third kappa shape index (κ3) is 4.96. The predicted octanol–water partition coefficient (Wildman–Crippen LogP) is 2.97. The van der Waals surface area contributed by atoms with Gasteiger partial charge < -0.3 is 10.6 Å². The van der Waals surface area contributed by atoms with Gasteiger partial charge in [0.25, 0.3) is 0 Å². The van der Waals surface area contributed by atoms with E-state index >= 15 is 0 Å². The molecular weight excluding hydrogens is 232 g/mol. The fourth-order valence-corrected chi connectivity index (χ4v) is 2.86. The van der Waals surface area contributed by atoms with E-state index in [0.29, 0.717) is 0 Å². The van der Waals surface area contributed by atoms with Crippen LogP contribution in [-0.4, -0.2) is 25.7 Å². The zero-order valence-corrected chi connectivity index (χ0v) is 12.5. The Morgan fingerprint density at radius 1 is 1.21 bits per heavy atom. The zero-order chi connectivity index (χ0) is 13.5. The van der Waals surface area contributed by atoms with Gasteiger partial charge in [-0.25, -0.2) is 0 Å². The van der Waals surface area contributed by atoms with Crippen molar-refractivity contribution in [3.8, 4) is 0 Å². The Balaban J connectivity index is 1.62. The number of piperidine rings is 1. The van der Waals surface area contributed by atoms with E-state index in [0.717, 1.165) is 25.6 Å². The van der Waals surface area contributed by atoms with E-state index in [-0.39, 0.29) is 0 Å². The smallest absolute Gasteiger partial charge is 0.00791 e. The minimum absolute atomic E-state index is 0.752. The van der Waals surface area contributed by atoms with Crippen molar-refractivity contribution in [1.82, 2.24) is 10.6 Å². The second-order valence-electron chi connectivity index (χ2n) is 5.87. The van der Waals surface area contributed by atoms with Crippen molar-refractivity contribution in [3.05, 3.63) is 34.9 Å². The molecule has 1 aromatic carbocycles. The highest BCUT2D eigenvalue weighted by atomic mass is 14.9. The summed E-state index contributed by atoms with van der Waals surface area (Å²) >= 11 is 0. The molecule has 1 saturated heterocycles. The Bertz CT molecular complexity index is 381. The lowest BCUT2D eigenvalue weighted by atomic mass is 10.0. The molecule has 1 atom stereocenters. The van der Waals surface area contributed by atoms with Crippen LogP contribution in [-0.2, 0) is 6.42 Å². The second-order valence-corrected chi connectivity index (χ2v) is 5.87. The van der Waals surface area contributed by atoms with E-state index < -0.39 is 0 Å². The van der Waals surface area contributed by atoms with Crippen molar-refractivity contribution in [2.75, 3.05) is 19.6 Å². The Morgan fingerprint density at radius 2 is 2.11 bits per heavy atom. The Morgan fingerprint density at radius 3 is 2.89 bits per heavy atom. The average Bonchev–Trinajstić information content (AvgIpc) is 2.43. The van der Waals surface area contributed by atoms with Crippen molar-refractivity contribution >= 4 is 0 Å². The van der Waals surface area contributed by atoms with Crippen LogP contribution in [0.25, 0.3) is 0 Å². The zero-order valence-electron chi connectivity index (χ0n) is 12.5. The largest absolute Gasteiger partial charge is 0.316 e. The first-order valence-corrected chi connectivity index (χ1v) is 7.76. The lowest BCUT2D eigenvalue weighted by molar-refractivity contribution is 0.377. The maximum Gasteiger partial charge on any atom is 0.00791 e. The summed E-state index contributed by atoms with van der Waals surface area (Å²) in [5.41, 5.74) is 4.27. The van der Waals surface area contributed by atoms with Crippen molar-refractivity contribution in [3.63, 3.8) is 0 Å². The second kappa shape index (κ2) is 7.66.